The lowest BCUT2D eigenvalue weighted by Crippen LogP contribution is -2.10. The molecule has 1 nitrogen and oxygen atoms in total. The lowest BCUT2D eigenvalue weighted by atomic mass is 9.87. The van der Waals surface area contributed by atoms with Gasteiger partial charge < -0.3 is 0 Å². The van der Waals surface area contributed by atoms with Crippen LogP contribution in [-0.2, 0) is 5.41 Å². The van der Waals surface area contributed by atoms with Gasteiger partial charge in [-0.2, -0.15) is 0 Å². The van der Waals surface area contributed by atoms with Crippen LogP contribution in [0.15, 0.2) is 29.3 Å². The third-order valence-corrected chi connectivity index (χ3v) is 4.18. The van der Waals surface area contributed by atoms with Gasteiger partial charge in [-0.05, 0) is 35.6 Å². The van der Waals surface area contributed by atoms with Gasteiger partial charge in [-0.3, -0.25) is 0 Å². The van der Waals surface area contributed by atoms with E-state index in [1.54, 1.807) is 23.5 Å². The lowest BCUT2D eigenvalue weighted by molar-refractivity contribution is 0.590. The largest absolute Gasteiger partial charge is 0.235 e. The van der Waals surface area contributed by atoms with Crippen molar-refractivity contribution in [3.8, 4) is 0 Å². The van der Waals surface area contributed by atoms with Gasteiger partial charge in [0.1, 0.15) is 4.38 Å². The summed E-state index contributed by atoms with van der Waals surface area (Å²) in [6.45, 7) is 6.67. The van der Waals surface area contributed by atoms with Gasteiger partial charge >= 0.3 is 0 Å². The third kappa shape index (κ3) is 3.87. The van der Waals surface area contributed by atoms with Gasteiger partial charge in [0.25, 0.3) is 0 Å². The van der Waals surface area contributed by atoms with Gasteiger partial charge in [0.2, 0.25) is 0 Å². The zero-order valence-corrected chi connectivity index (χ0v) is 12.2. The quantitative estimate of drug-likeness (QED) is 0.531. The zero-order valence-electron chi connectivity index (χ0n) is 10.6. The summed E-state index contributed by atoms with van der Waals surface area (Å²) in [5.41, 5.74) is 2.59. The summed E-state index contributed by atoms with van der Waals surface area (Å²) in [6.07, 6.45) is 4.11. The number of rotatable bonds is 1. The van der Waals surface area contributed by atoms with Crippen molar-refractivity contribution >= 4 is 33.6 Å². The Hall–Kier alpha value is -0.410. The molecule has 0 aliphatic carbocycles. The Bertz CT molecular complexity index is 355. The number of aliphatic imine (C=N–C) groups is 1. The minimum absolute atomic E-state index is 0.212. The molecule has 0 radical (unpaired) electrons. The Morgan fingerprint density at radius 1 is 1.00 bits per heavy atom. The van der Waals surface area contributed by atoms with Gasteiger partial charge in [0.05, 0.1) is 5.69 Å². The van der Waals surface area contributed by atoms with E-state index in [2.05, 4.69) is 62.5 Å². The molecule has 88 valence electrons. The molecule has 3 heteroatoms. The molecule has 1 aromatic carbocycles. The highest BCUT2D eigenvalue weighted by molar-refractivity contribution is 8.38. The van der Waals surface area contributed by atoms with Crippen LogP contribution < -0.4 is 0 Å². The molecule has 0 N–H and O–H groups in total. The van der Waals surface area contributed by atoms with Crippen LogP contribution >= 0.6 is 23.5 Å². The van der Waals surface area contributed by atoms with E-state index in [1.807, 2.05) is 0 Å². The molecule has 0 aliphatic heterocycles. The Balaban J connectivity index is 2.91. The first kappa shape index (κ1) is 13.7. The fraction of sp³-hybridized carbons (Fsp3) is 0.462. The summed E-state index contributed by atoms with van der Waals surface area (Å²) < 4.78 is 1.10. The summed E-state index contributed by atoms with van der Waals surface area (Å²) in [6, 6.07) is 8.51. The molecule has 0 aromatic heterocycles. The molecule has 0 saturated carbocycles. The third-order valence-electron chi connectivity index (χ3n) is 2.30. The average molecular weight is 253 g/mol. The molecule has 16 heavy (non-hydrogen) atoms. The fourth-order valence-electron chi connectivity index (χ4n) is 1.32. The predicted octanol–water partition coefficient (Wildman–Crippen LogP) is 4.70. The maximum Gasteiger partial charge on any atom is 0.130 e. The van der Waals surface area contributed by atoms with E-state index in [-0.39, 0.29) is 5.41 Å². The van der Waals surface area contributed by atoms with Crippen molar-refractivity contribution in [2.24, 2.45) is 4.99 Å². The Morgan fingerprint density at radius 3 is 1.88 bits per heavy atom. The standard InChI is InChI=1S/C13H19NS2/c1-13(2,3)10-6-8-11(9-7-10)14-12(15-4)16-5/h6-9H,1-5H3. The molecule has 1 aromatic rings. The molecule has 0 bridgehead atoms. The maximum atomic E-state index is 4.56. The molecule has 0 unspecified atom stereocenters. The highest BCUT2D eigenvalue weighted by Crippen LogP contribution is 2.25. The van der Waals surface area contributed by atoms with E-state index in [0.717, 1.165) is 10.1 Å². The van der Waals surface area contributed by atoms with E-state index in [9.17, 15) is 0 Å². The first-order valence-corrected chi connectivity index (χ1v) is 7.69. The Labute approximate surface area is 107 Å². The molecule has 0 atom stereocenters. The second-order valence-electron chi connectivity index (χ2n) is 4.58. The highest BCUT2D eigenvalue weighted by atomic mass is 32.2. The molecule has 1 rings (SSSR count). The van der Waals surface area contributed by atoms with Crippen molar-refractivity contribution in [2.45, 2.75) is 26.2 Å². The van der Waals surface area contributed by atoms with E-state index < -0.39 is 0 Å². The van der Waals surface area contributed by atoms with Crippen LogP contribution in [0, 0.1) is 0 Å². The molecule has 0 spiro atoms. The molecular weight excluding hydrogens is 234 g/mol. The van der Waals surface area contributed by atoms with Crippen molar-refractivity contribution < 1.29 is 0 Å². The average Bonchev–Trinajstić information content (AvgIpc) is 2.25. The van der Waals surface area contributed by atoms with Crippen LogP contribution in [0.25, 0.3) is 0 Å². The van der Waals surface area contributed by atoms with E-state index in [0.29, 0.717) is 0 Å². The van der Waals surface area contributed by atoms with Gasteiger partial charge in [0, 0.05) is 0 Å². The van der Waals surface area contributed by atoms with Gasteiger partial charge in [-0.25, -0.2) is 4.99 Å². The predicted molar refractivity (Wildman–Crippen MR) is 79.3 cm³/mol. The summed E-state index contributed by atoms with van der Waals surface area (Å²) in [5.74, 6) is 0. The minimum atomic E-state index is 0.212. The number of nitrogens with zero attached hydrogens (tertiary/aromatic N) is 1. The number of hydrogen-bond acceptors (Lipinski definition) is 3. The first-order valence-electron chi connectivity index (χ1n) is 5.24. The van der Waals surface area contributed by atoms with Crippen molar-refractivity contribution in [1.82, 2.24) is 0 Å². The van der Waals surface area contributed by atoms with Gasteiger partial charge in [-0.1, -0.05) is 32.9 Å². The second kappa shape index (κ2) is 5.78. The first-order chi connectivity index (χ1) is 7.47. The normalized spacial score (nSPS) is 11.3. The summed E-state index contributed by atoms with van der Waals surface area (Å²) in [5, 5.41) is 0. The number of hydrogen-bond donors (Lipinski definition) is 0. The number of benzene rings is 1. The summed E-state index contributed by atoms with van der Waals surface area (Å²) >= 11 is 3.37. The van der Waals surface area contributed by atoms with Crippen LogP contribution in [0.5, 0.6) is 0 Å². The molecule has 0 heterocycles. The van der Waals surface area contributed by atoms with Crippen LogP contribution in [0.4, 0.5) is 5.69 Å². The van der Waals surface area contributed by atoms with Crippen LogP contribution in [0.3, 0.4) is 0 Å². The van der Waals surface area contributed by atoms with Crippen LogP contribution in [0.2, 0.25) is 0 Å². The lowest BCUT2D eigenvalue weighted by Gasteiger charge is -2.18. The summed E-state index contributed by atoms with van der Waals surface area (Å²) in [7, 11) is 0. The second-order valence-corrected chi connectivity index (χ2v) is 6.43. The Morgan fingerprint density at radius 2 is 1.50 bits per heavy atom. The van der Waals surface area contributed by atoms with Crippen molar-refractivity contribution in [1.29, 1.82) is 0 Å². The van der Waals surface area contributed by atoms with E-state index in [1.165, 1.54) is 5.56 Å². The topological polar surface area (TPSA) is 12.4 Å². The monoisotopic (exact) mass is 253 g/mol. The highest BCUT2D eigenvalue weighted by Gasteiger charge is 2.12. The molecule has 0 aliphatic rings. The van der Waals surface area contributed by atoms with Crippen LogP contribution in [-0.4, -0.2) is 16.9 Å². The maximum absolute atomic E-state index is 4.56. The summed E-state index contributed by atoms with van der Waals surface area (Å²) in [4.78, 5) is 4.56. The molecule has 0 fully saturated rings. The SMILES string of the molecule is CSC(=Nc1ccc(C(C)(C)C)cc1)SC. The van der Waals surface area contributed by atoms with Crippen molar-refractivity contribution in [3.63, 3.8) is 0 Å². The molecule has 0 saturated heterocycles. The van der Waals surface area contributed by atoms with Gasteiger partial charge in [-0.15, -0.1) is 23.5 Å². The number of thioether (sulfide) groups is 2. The van der Waals surface area contributed by atoms with Crippen molar-refractivity contribution in [3.05, 3.63) is 29.8 Å². The fourth-order valence-corrected chi connectivity index (χ4v) is 2.38. The van der Waals surface area contributed by atoms with E-state index in [4.69, 9.17) is 0 Å². The Kier molecular flexibility index (Phi) is 4.93. The zero-order chi connectivity index (χ0) is 12.2. The molecular formula is C13H19NS2. The van der Waals surface area contributed by atoms with Crippen LogP contribution in [0.1, 0.15) is 26.3 Å². The smallest absolute Gasteiger partial charge is 0.130 e. The van der Waals surface area contributed by atoms with Crippen molar-refractivity contribution in [2.75, 3.05) is 12.5 Å². The molecule has 0 amide bonds. The minimum Gasteiger partial charge on any atom is -0.235 e. The van der Waals surface area contributed by atoms with Gasteiger partial charge in [0.15, 0.2) is 0 Å². The van der Waals surface area contributed by atoms with E-state index >= 15 is 0 Å².